The Bertz CT molecular complexity index is 750. The molecule has 1 aromatic carbocycles. The number of hydrazine groups is 1. The van der Waals surface area contributed by atoms with E-state index in [-0.39, 0.29) is 18.0 Å². The molecule has 0 spiro atoms. The van der Waals surface area contributed by atoms with Gasteiger partial charge in [0.25, 0.3) is 0 Å². The van der Waals surface area contributed by atoms with Gasteiger partial charge in [-0.25, -0.2) is 8.42 Å². The molecule has 0 saturated carbocycles. The maximum atomic E-state index is 13.1. The Morgan fingerprint density at radius 3 is 2.43 bits per heavy atom. The van der Waals surface area contributed by atoms with Crippen molar-refractivity contribution >= 4 is 27.7 Å². The molecule has 2 fully saturated rings. The van der Waals surface area contributed by atoms with Gasteiger partial charge in [-0.2, -0.15) is 4.31 Å². The summed E-state index contributed by atoms with van der Waals surface area (Å²) in [5, 5.41) is -0.490. The number of thioether (sulfide) groups is 1. The van der Waals surface area contributed by atoms with Gasteiger partial charge < -0.3 is 4.90 Å². The lowest BCUT2D eigenvalue weighted by Gasteiger charge is -2.27. The zero-order valence-electron chi connectivity index (χ0n) is 16.5. The molecule has 0 aromatic heterocycles. The van der Waals surface area contributed by atoms with Crippen LogP contribution in [0.4, 0.5) is 0 Å². The molecule has 9 heteroatoms. The largest absolute Gasteiger partial charge is 0.341 e. The molecule has 1 aromatic rings. The lowest BCUT2D eigenvalue weighted by atomic mass is 10.2. The Balaban J connectivity index is 1.52. The van der Waals surface area contributed by atoms with E-state index >= 15 is 0 Å². The molecule has 28 heavy (non-hydrogen) atoms. The molecule has 0 radical (unpaired) electrons. The molecule has 2 N–H and O–H groups in total. The minimum Gasteiger partial charge on any atom is -0.341 e. The third-order valence-corrected chi connectivity index (χ3v) is 8.95. The van der Waals surface area contributed by atoms with Crippen molar-refractivity contribution in [2.75, 3.05) is 31.9 Å². The van der Waals surface area contributed by atoms with Gasteiger partial charge in [-0.15, -0.1) is 11.8 Å². The molecule has 2 atom stereocenters. The van der Waals surface area contributed by atoms with E-state index in [9.17, 15) is 13.2 Å². The summed E-state index contributed by atoms with van der Waals surface area (Å²) in [6, 6.07) is 9.81. The molecule has 156 valence electrons. The molecule has 2 aliphatic heterocycles. The van der Waals surface area contributed by atoms with Gasteiger partial charge in [0, 0.05) is 44.0 Å². The second-order valence-corrected chi connectivity index (χ2v) is 10.6. The van der Waals surface area contributed by atoms with Crippen molar-refractivity contribution < 1.29 is 13.2 Å². The normalized spacial score (nSPS) is 26.9. The molecule has 3 rings (SSSR count). The van der Waals surface area contributed by atoms with Gasteiger partial charge in [0.05, 0.1) is 5.75 Å². The number of hydrogen-bond donors (Lipinski definition) is 2. The van der Waals surface area contributed by atoms with Crippen LogP contribution in [0.15, 0.2) is 30.3 Å². The summed E-state index contributed by atoms with van der Waals surface area (Å²) in [5.41, 5.74) is 7.25. The van der Waals surface area contributed by atoms with Crippen LogP contribution in [0, 0.1) is 0 Å². The van der Waals surface area contributed by atoms with Crippen LogP contribution in [0.2, 0.25) is 0 Å². The SMILES string of the molecule is CC1NNC(C)C1S(=O)(=O)N1CCCN(C(=O)CSCc2ccccc2)CC1. The Labute approximate surface area is 172 Å². The number of nitrogens with one attached hydrogen (secondary N) is 2. The van der Waals surface area contributed by atoms with Gasteiger partial charge in [0.15, 0.2) is 0 Å². The molecule has 2 saturated heterocycles. The van der Waals surface area contributed by atoms with Crippen LogP contribution in [-0.4, -0.2) is 72.8 Å². The highest BCUT2D eigenvalue weighted by molar-refractivity contribution is 7.99. The summed E-state index contributed by atoms with van der Waals surface area (Å²) in [7, 11) is -3.42. The van der Waals surface area contributed by atoms with Gasteiger partial charge in [-0.3, -0.25) is 15.6 Å². The van der Waals surface area contributed by atoms with E-state index in [4.69, 9.17) is 0 Å². The van der Waals surface area contributed by atoms with Crippen LogP contribution in [-0.2, 0) is 20.6 Å². The fourth-order valence-electron chi connectivity index (χ4n) is 3.87. The van der Waals surface area contributed by atoms with Gasteiger partial charge >= 0.3 is 0 Å². The molecular formula is C19H30N4O3S2. The predicted octanol–water partition coefficient (Wildman–Crippen LogP) is 1.04. The number of rotatable bonds is 6. The fraction of sp³-hybridized carbons (Fsp3) is 0.632. The van der Waals surface area contributed by atoms with E-state index in [0.29, 0.717) is 38.4 Å². The number of carbonyl (C=O) groups is 1. The molecule has 2 unspecified atom stereocenters. The highest BCUT2D eigenvalue weighted by atomic mass is 32.2. The highest BCUT2D eigenvalue weighted by Crippen LogP contribution is 2.21. The third-order valence-electron chi connectivity index (χ3n) is 5.37. The highest BCUT2D eigenvalue weighted by Gasteiger charge is 2.43. The molecule has 7 nitrogen and oxygen atoms in total. The van der Waals surface area contributed by atoms with E-state index in [1.54, 1.807) is 16.1 Å². The number of amides is 1. The van der Waals surface area contributed by atoms with E-state index < -0.39 is 15.3 Å². The zero-order chi connectivity index (χ0) is 20.1. The van der Waals surface area contributed by atoms with Crippen LogP contribution >= 0.6 is 11.8 Å². The number of sulfonamides is 1. The minimum atomic E-state index is -3.42. The second-order valence-electron chi connectivity index (χ2n) is 7.49. The van der Waals surface area contributed by atoms with Crippen LogP contribution in [0.5, 0.6) is 0 Å². The van der Waals surface area contributed by atoms with Crippen molar-refractivity contribution in [1.29, 1.82) is 0 Å². The van der Waals surface area contributed by atoms with E-state index in [1.807, 2.05) is 36.9 Å². The standard InChI is InChI=1S/C19H30N4O3S2/c1-15-19(16(2)21-20-15)28(25,26)23-10-6-9-22(11-12-23)18(24)14-27-13-17-7-4-3-5-8-17/h3-5,7-8,15-16,19-21H,6,9-14H2,1-2H3. The van der Waals surface area contributed by atoms with Crippen molar-refractivity contribution in [2.24, 2.45) is 0 Å². The molecule has 2 heterocycles. The number of nitrogens with zero attached hydrogens (tertiary/aromatic N) is 2. The lowest BCUT2D eigenvalue weighted by molar-refractivity contribution is -0.128. The van der Waals surface area contributed by atoms with Gasteiger partial charge in [-0.1, -0.05) is 30.3 Å². The number of hydrogen-bond acceptors (Lipinski definition) is 6. The van der Waals surface area contributed by atoms with Crippen molar-refractivity contribution in [3.05, 3.63) is 35.9 Å². The molecule has 0 aliphatic carbocycles. The van der Waals surface area contributed by atoms with Crippen LogP contribution in [0.1, 0.15) is 25.8 Å². The first-order valence-electron chi connectivity index (χ1n) is 9.79. The average molecular weight is 427 g/mol. The average Bonchev–Trinajstić information content (AvgIpc) is 2.87. The van der Waals surface area contributed by atoms with Crippen molar-refractivity contribution in [1.82, 2.24) is 20.1 Å². The molecular weight excluding hydrogens is 396 g/mol. The van der Waals surface area contributed by atoms with Gasteiger partial charge in [-0.05, 0) is 25.8 Å². The van der Waals surface area contributed by atoms with Crippen molar-refractivity contribution in [2.45, 2.75) is 43.4 Å². The second kappa shape index (κ2) is 9.58. The Morgan fingerprint density at radius 1 is 1.07 bits per heavy atom. The summed E-state index contributed by atoms with van der Waals surface area (Å²) in [6.45, 7) is 5.68. The Kier molecular flexibility index (Phi) is 7.38. The first-order chi connectivity index (χ1) is 13.4. The molecule has 1 amide bonds. The first kappa shape index (κ1) is 21.6. The Hall–Kier alpha value is -1.13. The lowest BCUT2D eigenvalue weighted by Crippen LogP contribution is -2.48. The van der Waals surface area contributed by atoms with Crippen LogP contribution in [0.3, 0.4) is 0 Å². The Morgan fingerprint density at radius 2 is 1.75 bits per heavy atom. The summed E-state index contributed by atoms with van der Waals surface area (Å²) in [6.07, 6.45) is 0.671. The number of benzene rings is 1. The third kappa shape index (κ3) is 5.07. The summed E-state index contributed by atoms with van der Waals surface area (Å²) < 4.78 is 27.8. The fourth-order valence-corrected chi connectivity index (χ4v) is 6.99. The summed E-state index contributed by atoms with van der Waals surface area (Å²) in [4.78, 5) is 14.4. The van der Waals surface area contributed by atoms with E-state index in [0.717, 1.165) is 5.75 Å². The summed E-state index contributed by atoms with van der Waals surface area (Å²) in [5.74, 6) is 1.32. The quantitative estimate of drug-likeness (QED) is 0.707. The van der Waals surface area contributed by atoms with E-state index in [2.05, 4.69) is 23.0 Å². The van der Waals surface area contributed by atoms with Gasteiger partial charge in [0.2, 0.25) is 15.9 Å². The van der Waals surface area contributed by atoms with Crippen LogP contribution < -0.4 is 10.9 Å². The topological polar surface area (TPSA) is 81.8 Å². The number of carbonyl (C=O) groups excluding carboxylic acids is 1. The van der Waals surface area contributed by atoms with Crippen LogP contribution in [0.25, 0.3) is 0 Å². The molecule has 2 aliphatic rings. The van der Waals surface area contributed by atoms with Crippen molar-refractivity contribution in [3.63, 3.8) is 0 Å². The van der Waals surface area contributed by atoms with E-state index in [1.165, 1.54) is 5.56 Å². The van der Waals surface area contributed by atoms with Crippen molar-refractivity contribution in [3.8, 4) is 0 Å². The predicted molar refractivity (Wildman–Crippen MR) is 113 cm³/mol. The maximum absolute atomic E-state index is 13.1. The molecule has 0 bridgehead atoms. The van der Waals surface area contributed by atoms with Gasteiger partial charge in [0.1, 0.15) is 5.25 Å². The maximum Gasteiger partial charge on any atom is 0.232 e. The monoisotopic (exact) mass is 426 g/mol. The summed E-state index contributed by atoms with van der Waals surface area (Å²) >= 11 is 1.60. The smallest absolute Gasteiger partial charge is 0.232 e. The minimum absolute atomic E-state index is 0.0890. The first-order valence-corrected chi connectivity index (χ1v) is 12.4. The zero-order valence-corrected chi connectivity index (χ0v) is 18.1.